The number of halogens is 3. The molecule has 1 aromatic heterocycles. The van der Waals surface area contributed by atoms with Gasteiger partial charge in [-0.3, -0.25) is 0 Å². The predicted octanol–water partition coefficient (Wildman–Crippen LogP) is 7.26. The van der Waals surface area contributed by atoms with E-state index < -0.39 is 23.5 Å². The lowest BCUT2D eigenvalue weighted by molar-refractivity contribution is 0.297. The Kier molecular flexibility index (Phi) is 7.40. The number of hydrogen-bond donors (Lipinski definition) is 0. The number of allylic oxidation sites excluding steroid dienone is 12. The van der Waals surface area contributed by atoms with Crippen LogP contribution in [0, 0.1) is 0 Å². The zero-order valence-electron chi connectivity index (χ0n) is 19.0. The van der Waals surface area contributed by atoms with Crippen LogP contribution in [0.25, 0.3) is 17.0 Å². The van der Waals surface area contributed by atoms with E-state index in [1.165, 1.54) is 16.8 Å². The molecule has 1 heterocycles. The summed E-state index contributed by atoms with van der Waals surface area (Å²) in [5, 5.41) is 12.4. The van der Waals surface area contributed by atoms with Gasteiger partial charge in [-0.1, -0.05) is 83.7 Å². The summed E-state index contributed by atoms with van der Waals surface area (Å²) in [4.78, 5) is 5.49. The average Bonchev–Trinajstić information content (AvgIpc) is 3.17. The third kappa shape index (κ3) is 5.48. The lowest BCUT2D eigenvalue weighted by Crippen LogP contribution is -2.11. The quantitative estimate of drug-likeness (QED) is 0.251. The molecule has 0 aliphatic heterocycles. The van der Waals surface area contributed by atoms with Gasteiger partial charge in [0.1, 0.15) is 29.2 Å². The number of nitrogens with zero attached hydrogens (tertiary/aromatic N) is 4. The highest BCUT2D eigenvalue weighted by atomic mass is 19.1. The summed E-state index contributed by atoms with van der Waals surface area (Å²) in [6.07, 6.45) is 12.7. The minimum absolute atomic E-state index is 0.0344. The van der Waals surface area contributed by atoms with Gasteiger partial charge in [-0.2, -0.15) is 0 Å². The molecular weight excluding hydrogens is 453 g/mol. The van der Waals surface area contributed by atoms with E-state index >= 15 is 0 Å². The molecule has 0 radical (unpaired) electrons. The van der Waals surface area contributed by atoms with Crippen molar-refractivity contribution in [3.63, 3.8) is 0 Å². The molecule has 1 atom stereocenters. The van der Waals surface area contributed by atoms with Crippen molar-refractivity contribution in [1.29, 1.82) is 0 Å². The maximum absolute atomic E-state index is 14.8. The molecule has 2 aromatic rings. The van der Waals surface area contributed by atoms with Gasteiger partial charge in [-0.25, -0.2) is 17.9 Å². The predicted molar refractivity (Wildman–Crippen MR) is 131 cm³/mol. The molecule has 1 unspecified atom stereocenters. The first kappa shape index (κ1) is 23.9. The summed E-state index contributed by atoms with van der Waals surface area (Å²) >= 11 is 0. The summed E-state index contributed by atoms with van der Waals surface area (Å²) in [6, 6.07) is 8.38. The summed E-state index contributed by atoms with van der Waals surface area (Å²) in [5.41, 5.74) is 1.73. The monoisotopic (exact) mass is 476 g/mol. The van der Waals surface area contributed by atoms with Gasteiger partial charge in [0.05, 0.1) is 5.71 Å². The molecule has 0 spiro atoms. The van der Waals surface area contributed by atoms with E-state index in [0.717, 1.165) is 6.08 Å². The van der Waals surface area contributed by atoms with Crippen molar-refractivity contribution in [1.82, 2.24) is 15.0 Å². The first-order chi connectivity index (χ1) is 17.0. The molecule has 0 fully saturated rings. The third-order valence-electron chi connectivity index (χ3n) is 5.38. The number of aromatic nitrogens is 3. The number of rotatable bonds is 6. The Morgan fingerprint density at radius 1 is 1.14 bits per heavy atom. The summed E-state index contributed by atoms with van der Waals surface area (Å²) in [6.45, 7) is 5.45. The molecule has 35 heavy (non-hydrogen) atoms. The van der Waals surface area contributed by atoms with Crippen LogP contribution in [0.3, 0.4) is 0 Å². The average molecular weight is 477 g/mol. The first-order valence-corrected chi connectivity index (χ1v) is 11.0. The van der Waals surface area contributed by atoms with E-state index in [-0.39, 0.29) is 29.2 Å². The van der Waals surface area contributed by atoms with Gasteiger partial charge in [0.25, 0.3) is 0 Å². The summed E-state index contributed by atoms with van der Waals surface area (Å²) in [7, 11) is 0. The van der Waals surface area contributed by atoms with Gasteiger partial charge in [0.15, 0.2) is 11.5 Å². The van der Waals surface area contributed by atoms with Crippen molar-refractivity contribution in [2.24, 2.45) is 5.16 Å². The fraction of sp³-hybridized carbons (Fsp3) is 0.148. The number of hydrogen-bond acceptors (Lipinski definition) is 4. The lowest BCUT2D eigenvalue weighted by atomic mass is 10.1. The Bertz CT molecular complexity index is 1330. The van der Waals surface area contributed by atoms with E-state index in [0.29, 0.717) is 17.7 Å². The third-order valence-corrected chi connectivity index (χ3v) is 5.38. The molecular formula is C27H23F3N4O. The topological polar surface area (TPSA) is 52.3 Å². The smallest absolute Gasteiger partial charge is 0.180 e. The first-order valence-electron chi connectivity index (χ1n) is 11.0. The minimum atomic E-state index is -0.819. The van der Waals surface area contributed by atoms with Crippen molar-refractivity contribution < 1.29 is 18.0 Å². The fourth-order valence-electron chi connectivity index (χ4n) is 3.61. The van der Waals surface area contributed by atoms with Gasteiger partial charge in [-0.15, -0.1) is 5.10 Å². The highest BCUT2D eigenvalue weighted by Crippen LogP contribution is 2.33. The van der Waals surface area contributed by atoms with Gasteiger partial charge < -0.3 is 4.84 Å². The molecule has 0 saturated carbocycles. The maximum atomic E-state index is 14.8. The number of benzene rings is 1. The molecule has 0 amide bonds. The largest absolute Gasteiger partial charge is 0.355 e. The Balaban J connectivity index is 1.69. The number of oxime groups is 1. The second kappa shape index (κ2) is 10.8. The van der Waals surface area contributed by atoms with Gasteiger partial charge in [-0.05, 0) is 19.4 Å². The van der Waals surface area contributed by atoms with Crippen LogP contribution < -0.4 is 0 Å². The van der Waals surface area contributed by atoms with Crippen LogP contribution in [-0.4, -0.2) is 20.7 Å². The molecule has 0 bridgehead atoms. The van der Waals surface area contributed by atoms with Crippen molar-refractivity contribution >= 4 is 11.5 Å². The van der Waals surface area contributed by atoms with Gasteiger partial charge in [0.2, 0.25) is 0 Å². The molecule has 4 rings (SSSR count). The fourth-order valence-corrected chi connectivity index (χ4v) is 3.61. The molecule has 2 aliphatic rings. The van der Waals surface area contributed by atoms with Crippen LogP contribution >= 0.6 is 0 Å². The molecule has 5 nitrogen and oxygen atoms in total. The van der Waals surface area contributed by atoms with Gasteiger partial charge in [0, 0.05) is 23.6 Å². The Labute approximate surface area is 201 Å². The molecule has 178 valence electrons. The van der Waals surface area contributed by atoms with E-state index in [9.17, 15) is 13.2 Å². The minimum Gasteiger partial charge on any atom is -0.355 e. The van der Waals surface area contributed by atoms with E-state index in [4.69, 9.17) is 4.84 Å². The lowest BCUT2D eigenvalue weighted by Gasteiger charge is -2.15. The highest BCUT2D eigenvalue weighted by Gasteiger charge is 2.25. The standard InChI is InChI=1S/C27H23F3N4O/c1-18(22-14-10-9-13-21(28)17-24(22)30)32-35-19(2)26-27(20-11-5-3-6-12-20)34(33-31-26)25-16-8-4-7-15-23(25)29/h3-8,10-12,14-17,25H,2,9,13H2,1H3/b14-10?,21-17+,24-22-,32-18+. The molecule has 1 aromatic carbocycles. The van der Waals surface area contributed by atoms with Crippen LogP contribution in [0.15, 0.2) is 114 Å². The SMILES string of the molecule is C=C(O/N=C(C)/C1=C(F)/C=C(/F)CCC=C1)c1nnn(C2C=CC=CC=C2F)c1-c1ccccc1. The maximum Gasteiger partial charge on any atom is 0.180 e. The molecule has 0 N–H and O–H groups in total. The van der Waals surface area contributed by atoms with E-state index in [1.807, 2.05) is 30.3 Å². The second-order valence-corrected chi connectivity index (χ2v) is 7.85. The Hall–Kier alpha value is -4.20. The van der Waals surface area contributed by atoms with Crippen molar-refractivity contribution in [3.05, 3.63) is 114 Å². The molecule has 8 heteroatoms. The second-order valence-electron chi connectivity index (χ2n) is 7.85. The van der Waals surface area contributed by atoms with Crippen LogP contribution in [0.4, 0.5) is 13.2 Å². The van der Waals surface area contributed by atoms with Crippen molar-refractivity contribution in [3.8, 4) is 11.3 Å². The van der Waals surface area contributed by atoms with E-state index in [2.05, 4.69) is 22.0 Å². The zero-order chi connectivity index (χ0) is 24.8. The normalized spacial score (nSPS) is 22.1. The van der Waals surface area contributed by atoms with Crippen LogP contribution in [0.2, 0.25) is 0 Å². The zero-order valence-corrected chi connectivity index (χ0v) is 19.0. The highest BCUT2D eigenvalue weighted by molar-refractivity contribution is 6.01. The summed E-state index contributed by atoms with van der Waals surface area (Å²) < 4.78 is 44.4. The summed E-state index contributed by atoms with van der Waals surface area (Å²) in [5.74, 6) is -1.67. The van der Waals surface area contributed by atoms with Crippen molar-refractivity contribution in [2.75, 3.05) is 0 Å². The van der Waals surface area contributed by atoms with Crippen molar-refractivity contribution in [2.45, 2.75) is 25.8 Å². The Morgan fingerprint density at radius 3 is 2.74 bits per heavy atom. The van der Waals surface area contributed by atoms with Gasteiger partial charge >= 0.3 is 0 Å². The van der Waals surface area contributed by atoms with E-state index in [1.54, 1.807) is 37.3 Å². The van der Waals surface area contributed by atoms with Crippen LogP contribution in [0.5, 0.6) is 0 Å². The molecule has 2 aliphatic carbocycles. The van der Waals surface area contributed by atoms with Crippen LogP contribution in [0.1, 0.15) is 31.5 Å². The van der Waals surface area contributed by atoms with Crippen LogP contribution in [-0.2, 0) is 4.84 Å². The Morgan fingerprint density at radius 2 is 1.94 bits per heavy atom. The molecule has 0 saturated heterocycles.